The van der Waals surface area contributed by atoms with Gasteiger partial charge in [0.15, 0.2) is 0 Å². The van der Waals surface area contributed by atoms with Gasteiger partial charge >= 0.3 is 0 Å². The number of hydrogen-bond donors (Lipinski definition) is 2. The van der Waals surface area contributed by atoms with Crippen LogP contribution < -0.4 is 15.4 Å². The molecule has 0 aliphatic heterocycles. The van der Waals surface area contributed by atoms with Gasteiger partial charge in [0, 0.05) is 19.6 Å². The summed E-state index contributed by atoms with van der Waals surface area (Å²) in [4.78, 5) is 0. The van der Waals surface area contributed by atoms with Crippen molar-refractivity contribution in [2.24, 2.45) is 0 Å². The molecule has 3 nitrogen and oxygen atoms in total. The highest BCUT2D eigenvalue weighted by Gasteiger charge is 2.04. The van der Waals surface area contributed by atoms with Crippen molar-refractivity contribution >= 4 is 0 Å². The summed E-state index contributed by atoms with van der Waals surface area (Å²) in [6.45, 7) is 7.06. The minimum absolute atomic E-state index is 0.910. The molecular formula is C13H22N2O. The Morgan fingerprint density at radius 3 is 2.25 bits per heavy atom. The van der Waals surface area contributed by atoms with Crippen LogP contribution >= 0.6 is 0 Å². The molecule has 1 aromatic rings. The predicted octanol–water partition coefficient (Wildman–Crippen LogP) is 1.62. The third-order valence-corrected chi connectivity index (χ3v) is 2.61. The molecule has 0 fully saturated rings. The van der Waals surface area contributed by atoms with E-state index in [-0.39, 0.29) is 0 Å². The molecule has 0 radical (unpaired) electrons. The fourth-order valence-corrected chi connectivity index (χ4v) is 1.91. The fourth-order valence-electron chi connectivity index (χ4n) is 1.91. The van der Waals surface area contributed by atoms with E-state index in [4.69, 9.17) is 4.74 Å². The second kappa shape index (κ2) is 6.51. The van der Waals surface area contributed by atoms with Crippen molar-refractivity contribution in [3.8, 4) is 5.75 Å². The minimum atomic E-state index is 0.910. The Kier molecular flexibility index (Phi) is 5.29. The van der Waals surface area contributed by atoms with Crippen molar-refractivity contribution < 1.29 is 4.74 Å². The molecule has 0 atom stereocenters. The standard InChI is InChI=1S/C13H22N2O/c1-10-7-12(9-15-6-5-14-3)8-11(2)13(10)16-4/h7-8,14-15H,5-6,9H2,1-4H3. The molecule has 2 N–H and O–H groups in total. The number of rotatable bonds is 6. The number of benzene rings is 1. The summed E-state index contributed by atoms with van der Waals surface area (Å²) in [6, 6.07) is 4.36. The topological polar surface area (TPSA) is 33.3 Å². The Morgan fingerprint density at radius 1 is 1.12 bits per heavy atom. The van der Waals surface area contributed by atoms with Gasteiger partial charge in [0.1, 0.15) is 5.75 Å². The van der Waals surface area contributed by atoms with Gasteiger partial charge in [0.2, 0.25) is 0 Å². The molecule has 0 aromatic heterocycles. The number of likely N-dealkylation sites (N-methyl/N-ethyl adjacent to an activating group) is 1. The first-order valence-electron chi connectivity index (χ1n) is 5.68. The number of aryl methyl sites for hydroxylation is 2. The van der Waals surface area contributed by atoms with Crippen molar-refractivity contribution in [3.05, 3.63) is 28.8 Å². The van der Waals surface area contributed by atoms with Crippen LogP contribution in [0.2, 0.25) is 0 Å². The lowest BCUT2D eigenvalue weighted by atomic mass is 10.1. The van der Waals surface area contributed by atoms with Crippen molar-refractivity contribution in [2.45, 2.75) is 20.4 Å². The van der Waals surface area contributed by atoms with E-state index in [1.54, 1.807) is 7.11 Å². The Balaban J connectivity index is 2.61. The molecule has 0 unspecified atom stereocenters. The lowest BCUT2D eigenvalue weighted by Crippen LogP contribution is -2.24. The monoisotopic (exact) mass is 222 g/mol. The van der Waals surface area contributed by atoms with Crippen LogP contribution in [0.4, 0.5) is 0 Å². The van der Waals surface area contributed by atoms with Crippen LogP contribution in [0.15, 0.2) is 12.1 Å². The van der Waals surface area contributed by atoms with E-state index in [2.05, 4.69) is 36.6 Å². The maximum Gasteiger partial charge on any atom is 0.124 e. The maximum atomic E-state index is 5.34. The highest BCUT2D eigenvalue weighted by molar-refractivity contribution is 5.43. The summed E-state index contributed by atoms with van der Waals surface area (Å²) >= 11 is 0. The van der Waals surface area contributed by atoms with E-state index in [1.165, 1.54) is 16.7 Å². The van der Waals surface area contributed by atoms with E-state index < -0.39 is 0 Å². The number of hydrogen-bond acceptors (Lipinski definition) is 3. The van der Waals surface area contributed by atoms with Crippen LogP contribution in [-0.4, -0.2) is 27.2 Å². The molecule has 3 heteroatoms. The van der Waals surface area contributed by atoms with Gasteiger partial charge in [-0.1, -0.05) is 12.1 Å². The highest BCUT2D eigenvalue weighted by atomic mass is 16.5. The molecule has 1 aromatic carbocycles. The normalized spacial score (nSPS) is 10.5. The van der Waals surface area contributed by atoms with E-state index in [9.17, 15) is 0 Å². The van der Waals surface area contributed by atoms with Crippen molar-refractivity contribution in [3.63, 3.8) is 0 Å². The van der Waals surface area contributed by atoms with Gasteiger partial charge in [0.05, 0.1) is 7.11 Å². The predicted molar refractivity (Wildman–Crippen MR) is 68.1 cm³/mol. The van der Waals surface area contributed by atoms with Gasteiger partial charge in [-0.05, 0) is 37.6 Å². The average Bonchev–Trinajstić information content (AvgIpc) is 2.24. The largest absolute Gasteiger partial charge is 0.496 e. The zero-order valence-electron chi connectivity index (χ0n) is 10.7. The molecule has 0 heterocycles. The Morgan fingerprint density at radius 2 is 1.75 bits per heavy atom. The van der Waals surface area contributed by atoms with Gasteiger partial charge in [-0.3, -0.25) is 0 Å². The third kappa shape index (κ3) is 3.51. The first kappa shape index (κ1) is 13.0. The third-order valence-electron chi connectivity index (χ3n) is 2.61. The van der Waals surface area contributed by atoms with Gasteiger partial charge in [-0.15, -0.1) is 0 Å². The van der Waals surface area contributed by atoms with E-state index in [0.717, 1.165) is 25.4 Å². The SMILES string of the molecule is CNCCNCc1cc(C)c(OC)c(C)c1. The molecule has 0 spiro atoms. The fraction of sp³-hybridized carbons (Fsp3) is 0.538. The average molecular weight is 222 g/mol. The summed E-state index contributed by atoms with van der Waals surface area (Å²) in [7, 11) is 3.68. The molecule has 0 aliphatic rings. The lowest BCUT2D eigenvalue weighted by Gasteiger charge is -2.11. The van der Waals surface area contributed by atoms with E-state index in [0.29, 0.717) is 0 Å². The molecule has 0 bridgehead atoms. The summed E-state index contributed by atoms with van der Waals surface area (Å²) in [5.74, 6) is 0.999. The smallest absolute Gasteiger partial charge is 0.124 e. The van der Waals surface area contributed by atoms with Crippen LogP contribution in [0.3, 0.4) is 0 Å². The first-order valence-corrected chi connectivity index (χ1v) is 5.68. The Bertz CT molecular complexity index is 314. The maximum absolute atomic E-state index is 5.34. The van der Waals surface area contributed by atoms with Crippen LogP contribution in [0.5, 0.6) is 5.75 Å². The van der Waals surface area contributed by atoms with Gasteiger partial charge in [0.25, 0.3) is 0 Å². The van der Waals surface area contributed by atoms with Crippen LogP contribution in [0.25, 0.3) is 0 Å². The molecule has 90 valence electrons. The van der Waals surface area contributed by atoms with E-state index in [1.807, 2.05) is 7.05 Å². The first-order chi connectivity index (χ1) is 7.69. The Labute approximate surface area is 98.2 Å². The second-order valence-corrected chi connectivity index (χ2v) is 4.04. The quantitative estimate of drug-likeness (QED) is 0.718. The van der Waals surface area contributed by atoms with E-state index >= 15 is 0 Å². The van der Waals surface area contributed by atoms with Gasteiger partial charge in [-0.25, -0.2) is 0 Å². The van der Waals surface area contributed by atoms with Crippen molar-refractivity contribution in [1.82, 2.24) is 10.6 Å². The van der Waals surface area contributed by atoms with Crippen molar-refractivity contribution in [2.75, 3.05) is 27.2 Å². The number of methoxy groups -OCH3 is 1. The molecule has 0 amide bonds. The van der Waals surface area contributed by atoms with Crippen LogP contribution in [-0.2, 0) is 6.54 Å². The Hall–Kier alpha value is -1.06. The zero-order chi connectivity index (χ0) is 12.0. The number of nitrogens with one attached hydrogen (secondary N) is 2. The summed E-state index contributed by atoms with van der Waals surface area (Å²) in [5, 5.41) is 6.50. The molecule has 1 rings (SSSR count). The zero-order valence-corrected chi connectivity index (χ0v) is 10.7. The second-order valence-electron chi connectivity index (χ2n) is 4.04. The van der Waals surface area contributed by atoms with Gasteiger partial charge in [-0.2, -0.15) is 0 Å². The van der Waals surface area contributed by atoms with Gasteiger partial charge < -0.3 is 15.4 Å². The molecule has 16 heavy (non-hydrogen) atoms. The van der Waals surface area contributed by atoms with Crippen LogP contribution in [0.1, 0.15) is 16.7 Å². The molecule has 0 saturated carbocycles. The number of ether oxygens (including phenoxy) is 1. The molecule has 0 aliphatic carbocycles. The summed E-state index contributed by atoms with van der Waals surface area (Å²) < 4.78 is 5.34. The summed E-state index contributed by atoms with van der Waals surface area (Å²) in [5.41, 5.74) is 3.72. The summed E-state index contributed by atoms with van der Waals surface area (Å²) in [6.07, 6.45) is 0. The molecular weight excluding hydrogens is 200 g/mol. The van der Waals surface area contributed by atoms with Crippen LogP contribution in [0, 0.1) is 13.8 Å². The lowest BCUT2D eigenvalue weighted by molar-refractivity contribution is 0.408. The minimum Gasteiger partial charge on any atom is -0.496 e. The molecule has 0 saturated heterocycles. The van der Waals surface area contributed by atoms with Crippen molar-refractivity contribution in [1.29, 1.82) is 0 Å². The highest BCUT2D eigenvalue weighted by Crippen LogP contribution is 2.24.